The molecule has 1 atom stereocenters. The first-order chi connectivity index (χ1) is 17.1. The van der Waals surface area contributed by atoms with Gasteiger partial charge in [-0.25, -0.2) is 5.06 Å². The summed E-state index contributed by atoms with van der Waals surface area (Å²) in [6.07, 6.45) is -14.0. The van der Waals surface area contributed by atoms with Gasteiger partial charge in [0.15, 0.2) is 11.9 Å². The van der Waals surface area contributed by atoms with Gasteiger partial charge in [0.05, 0.1) is 17.3 Å². The lowest BCUT2D eigenvalue weighted by Gasteiger charge is -2.28. The summed E-state index contributed by atoms with van der Waals surface area (Å²) in [5.41, 5.74) is -1.67. The van der Waals surface area contributed by atoms with Crippen LogP contribution < -0.4 is 14.6 Å². The first-order valence-electron chi connectivity index (χ1n) is 10.1. The molecule has 3 aromatic rings. The number of hydroxylamine groups is 1. The van der Waals surface area contributed by atoms with Gasteiger partial charge in [-0.1, -0.05) is 47.5 Å². The van der Waals surface area contributed by atoms with Gasteiger partial charge >= 0.3 is 18.3 Å². The normalized spacial score (nSPS) is 13.3. The topological polar surface area (TPSA) is 41.9 Å². The van der Waals surface area contributed by atoms with E-state index in [-0.39, 0.29) is 27.2 Å². The van der Waals surface area contributed by atoms with Crippen molar-refractivity contribution in [3.05, 3.63) is 82.3 Å². The largest absolute Gasteiger partial charge is 0.458 e. The molecule has 0 heterocycles. The number of rotatable bonds is 8. The summed E-state index contributed by atoms with van der Waals surface area (Å²) >= 11 is 12.0. The molecular formula is C23H15Cl2F8NO3. The molecule has 0 radical (unpaired) electrons. The molecule has 0 aliphatic heterocycles. The molecule has 0 bridgehead atoms. The lowest BCUT2D eigenvalue weighted by molar-refractivity contribution is -0.289. The quantitative estimate of drug-likeness (QED) is 0.217. The molecule has 1 N–H and O–H groups in total. The van der Waals surface area contributed by atoms with Crippen LogP contribution in [0.25, 0.3) is 0 Å². The van der Waals surface area contributed by atoms with E-state index >= 15 is 0 Å². The van der Waals surface area contributed by atoms with Gasteiger partial charge in [-0.15, -0.1) is 0 Å². The Hall–Kier alpha value is -2.96. The van der Waals surface area contributed by atoms with Crippen LogP contribution in [0.5, 0.6) is 17.2 Å². The summed E-state index contributed by atoms with van der Waals surface area (Å²) < 4.78 is 111. The van der Waals surface area contributed by atoms with Crippen LogP contribution >= 0.6 is 23.2 Å². The predicted molar refractivity (Wildman–Crippen MR) is 119 cm³/mol. The van der Waals surface area contributed by atoms with Crippen molar-refractivity contribution >= 4 is 28.9 Å². The molecule has 0 unspecified atom stereocenters. The molecule has 0 saturated carbocycles. The van der Waals surface area contributed by atoms with Crippen molar-refractivity contribution in [1.82, 2.24) is 0 Å². The van der Waals surface area contributed by atoms with Crippen molar-refractivity contribution in [2.45, 2.75) is 24.4 Å². The minimum Gasteiger partial charge on any atom is -0.456 e. The highest BCUT2D eigenvalue weighted by Crippen LogP contribution is 2.44. The van der Waals surface area contributed by atoms with Crippen molar-refractivity contribution in [3.63, 3.8) is 0 Å². The minimum atomic E-state index is -5.93. The van der Waals surface area contributed by atoms with Crippen molar-refractivity contribution in [1.29, 1.82) is 0 Å². The van der Waals surface area contributed by atoms with E-state index < -0.39 is 42.2 Å². The number of aliphatic hydroxyl groups is 1. The van der Waals surface area contributed by atoms with Gasteiger partial charge in [0.1, 0.15) is 16.5 Å². The maximum absolute atomic E-state index is 13.8. The maximum Gasteiger partial charge on any atom is 0.458 e. The Kier molecular flexibility index (Phi) is 8.35. The fourth-order valence-corrected chi connectivity index (χ4v) is 3.22. The Balaban J connectivity index is 1.96. The Labute approximate surface area is 214 Å². The molecule has 0 aliphatic carbocycles. The lowest BCUT2D eigenvalue weighted by atomic mass is 10.1. The van der Waals surface area contributed by atoms with E-state index in [0.29, 0.717) is 17.2 Å². The van der Waals surface area contributed by atoms with Crippen LogP contribution in [0.3, 0.4) is 0 Å². The highest BCUT2D eigenvalue weighted by Gasteiger charge is 2.58. The summed E-state index contributed by atoms with van der Waals surface area (Å²) in [4.78, 5) is 5.23. The number of anilines is 1. The number of hydrogen-bond acceptors (Lipinski definition) is 4. The zero-order valence-electron chi connectivity index (χ0n) is 18.1. The molecule has 0 aromatic heterocycles. The van der Waals surface area contributed by atoms with Crippen molar-refractivity contribution in [3.8, 4) is 17.2 Å². The third-order valence-electron chi connectivity index (χ3n) is 4.73. The van der Waals surface area contributed by atoms with E-state index in [9.17, 15) is 40.2 Å². The average Bonchev–Trinajstić information content (AvgIpc) is 2.80. The standard InChI is InChI=1S/C23H15Cl2F8NO3/c24-17-8-3-9-18(20(17)25)36-15-6-2-5-14(11-15)34(12-19(35)22(28,29)30)37-16-7-1-4-13(10-16)21(26,27)23(31,32)33/h1-11,19,35H,12H2/t19-/m0/s1. The second-order valence-electron chi connectivity index (χ2n) is 7.46. The van der Waals surface area contributed by atoms with Crippen LogP contribution in [0, 0.1) is 0 Å². The third-order valence-corrected chi connectivity index (χ3v) is 5.54. The molecule has 37 heavy (non-hydrogen) atoms. The molecule has 4 nitrogen and oxygen atoms in total. The third kappa shape index (κ3) is 6.88. The summed E-state index contributed by atoms with van der Waals surface area (Å²) in [6, 6.07) is 12.1. The van der Waals surface area contributed by atoms with Gasteiger partial charge in [0.2, 0.25) is 0 Å². The lowest BCUT2D eigenvalue weighted by Crippen LogP contribution is -2.42. The summed E-state index contributed by atoms with van der Waals surface area (Å²) in [5, 5.41) is 10.2. The summed E-state index contributed by atoms with van der Waals surface area (Å²) in [5.74, 6) is -5.79. The summed E-state index contributed by atoms with van der Waals surface area (Å²) in [6.45, 7) is -1.27. The monoisotopic (exact) mass is 575 g/mol. The predicted octanol–water partition coefficient (Wildman–Crippen LogP) is 8.16. The molecule has 0 saturated heterocycles. The zero-order valence-corrected chi connectivity index (χ0v) is 19.6. The number of hydrogen-bond donors (Lipinski definition) is 1. The number of halogens is 10. The van der Waals surface area contributed by atoms with E-state index in [1.807, 2.05) is 0 Å². The van der Waals surface area contributed by atoms with Gasteiger partial charge in [-0.3, -0.25) is 0 Å². The molecule has 0 fully saturated rings. The maximum atomic E-state index is 13.8. The number of alkyl halides is 8. The van der Waals surface area contributed by atoms with E-state index in [1.165, 1.54) is 36.4 Å². The molecule has 200 valence electrons. The van der Waals surface area contributed by atoms with Crippen LogP contribution in [0.2, 0.25) is 10.0 Å². The minimum absolute atomic E-state index is 0.0223. The van der Waals surface area contributed by atoms with E-state index in [1.54, 1.807) is 0 Å². The van der Waals surface area contributed by atoms with Gasteiger partial charge in [0, 0.05) is 11.6 Å². The highest BCUT2D eigenvalue weighted by atomic mass is 35.5. The first-order valence-corrected chi connectivity index (χ1v) is 10.8. The van der Waals surface area contributed by atoms with E-state index in [4.69, 9.17) is 32.8 Å². The second kappa shape index (κ2) is 10.8. The SMILES string of the molecule is O[C@@H](CN(Oc1cccc(C(F)(F)C(F)(F)F)c1)c1cccc(Oc2cccc(Cl)c2Cl)c1)C(F)(F)F. The Morgan fingerprint density at radius 3 is 2.08 bits per heavy atom. The van der Waals surface area contributed by atoms with Crippen LogP contribution in [-0.4, -0.2) is 30.1 Å². The second-order valence-corrected chi connectivity index (χ2v) is 8.25. The van der Waals surface area contributed by atoms with Gasteiger partial charge in [-0.05, 0) is 36.4 Å². The van der Waals surface area contributed by atoms with E-state index in [0.717, 1.165) is 18.2 Å². The summed E-state index contributed by atoms with van der Waals surface area (Å²) in [7, 11) is 0. The average molecular weight is 576 g/mol. The molecule has 3 aromatic carbocycles. The molecule has 3 rings (SSSR count). The molecule has 0 spiro atoms. The number of nitrogens with zero attached hydrogens (tertiary/aromatic N) is 1. The van der Waals surface area contributed by atoms with Crippen molar-refractivity contribution in [2.24, 2.45) is 0 Å². The number of ether oxygens (including phenoxy) is 1. The Morgan fingerprint density at radius 1 is 0.811 bits per heavy atom. The molecule has 0 aliphatic rings. The van der Waals surface area contributed by atoms with Crippen LogP contribution in [0.4, 0.5) is 40.8 Å². The molecular weight excluding hydrogens is 561 g/mol. The van der Waals surface area contributed by atoms with Crippen molar-refractivity contribution < 1.29 is 49.8 Å². The fourth-order valence-electron chi connectivity index (χ4n) is 2.89. The van der Waals surface area contributed by atoms with Crippen molar-refractivity contribution in [2.75, 3.05) is 11.6 Å². The van der Waals surface area contributed by atoms with Crippen LogP contribution in [0.15, 0.2) is 66.7 Å². The Morgan fingerprint density at radius 2 is 1.43 bits per heavy atom. The smallest absolute Gasteiger partial charge is 0.456 e. The fraction of sp³-hybridized carbons (Fsp3) is 0.217. The van der Waals surface area contributed by atoms with Crippen LogP contribution in [0.1, 0.15) is 5.56 Å². The first kappa shape index (κ1) is 28.6. The van der Waals surface area contributed by atoms with Crippen LogP contribution in [-0.2, 0) is 5.92 Å². The zero-order chi connectivity index (χ0) is 27.6. The number of benzene rings is 3. The van der Waals surface area contributed by atoms with Gasteiger partial charge in [-0.2, -0.15) is 35.1 Å². The highest BCUT2D eigenvalue weighted by molar-refractivity contribution is 6.42. The van der Waals surface area contributed by atoms with Gasteiger partial charge < -0.3 is 14.7 Å². The van der Waals surface area contributed by atoms with E-state index in [2.05, 4.69) is 0 Å². The molecule has 0 amide bonds. The Bertz CT molecular complexity index is 1240. The number of aliphatic hydroxyl groups excluding tert-OH is 1. The van der Waals surface area contributed by atoms with Gasteiger partial charge in [0.25, 0.3) is 0 Å². The molecule has 14 heteroatoms.